The number of phenols is 1. The number of nitrogens with one attached hydrogen (secondary N) is 1. The van der Waals surface area contributed by atoms with Crippen LogP contribution in [0.25, 0.3) is 0 Å². The smallest absolute Gasteiger partial charge is 0.201 e. The van der Waals surface area contributed by atoms with Crippen LogP contribution in [0.15, 0.2) is 10.5 Å². The molecule has 2 nitrogen and oxygen atoms in total. The van der Waals surface area contributed by atoms with Gasteiger partial charge in [-0.15, -0.1) is 0 Å². The maximum Gasteiger partial charge on any atom is 0.201 e. The molecule has 1 aliphatic rings. The molecule has 1 saturated heterocycles. The maximum atomic E-state index is 13.6. The van der Waals surface area contributed by atoms with E-state index in [4.69, 9.17) is 0 Å². The van der Waals surface area contributed by atoms with Gasteiger partial charge >= 0.3 is 0 Å². The highest BCUT2D eigenvalue weighted by atomic mass is 79.9. The molecule has 1 fully saturated rings. The minimum atomic E-state index is -1.18. The summed E-state index contributed by atoms with van der Waals surface area (Å²) in [4.78, 5) is 0. The Labute approximate surface area is 101 Å². The van der Waals surface area contributed by atoms with Crippen molar-refractivity contribution in [3.8, 4) is 5.75 Å². The topological polar surface area (TPSA) is 32.3 Å². The predicted octanol–water partition coefficient (Wildman–Crippen LogP) is 3.25. The number of aromatic hydroxyl groups is 1. The van der Waals surface area contributed by atoms with Crippen molar-refractivity contribution in [2.45, 2.75) is 25.3 Å². The molecule has 0 saturated carbocycles. The lowest BCUT2D eigenvalue weighted by Gasteiger charge is -2.24. The lowest BCUT2D eigenvalue weighted by atomic mass is 9.97. The van der Waals surface area contributed by atoms with E-state index in [2.05, 4.69) is 21.2 Å². The van der Waals surface area contributed by atoms with Gasteiger partial charge in [0.15, 0.2) is 11.6 Å². The zero-order valence-corrected chi connectivity index (χ0v) is 10.2. The van der Waals surface area contributed by atoms with Crippen molar-refractivity contribution >= 4 is 15.9 Å². The Morgan fingerprint density at radius 2 is 2.06 bits per heavy atom. The lowest BCUT2D eigenvalue weighted by molar-refractivity contribution is 0.373. The molecule has 88 valence electrons. The molecule has 0 aliphatic carbocycles. The standard InChI is InChI=1S/C11H12BrF2NO/c12-7-5-6(8-3-1-2-4-15-8)9(13)10(14)11(7)16/h5,8,15-16H,1-4H2. The van der Waals surface area contributed by atoms with Crippen LogP contribution < -0.4 is 5.32 Å². The van der Waals surface area contributed by atoms with Crippen LogP contribution in [-0.2, 0) is 0 Å². The van der Waals surface area contributed by atoms with Gasteiger partial charge in [0.1, 0.15) is 0 Å². The summed E-state index contributed by atoms with van der Waals surface area (Å²) in [6, 6.07) is 1.27. The summed E-state index contributed by atoms with van der Waals surface area (Å²) in [5.41, 5.74) is 0.280. The van der Waals surface area contributed by atoms with Gasteiger partial charge in [-0.2, -0.15) is 4.39 Å². The zero-order valence-electron chi connectivity index (χ0n) is 8.56. The van der Waals surface area contributed by atoms with Crippen LogP contribution in [0.3, 0.4) is 0 Å². The van der Waals surface area contributed by atoms with Crippen LogP contribution >= 0.6 is 15.9 Å². The fourth-order valence-corrected chi connectivity index (χ4v) is 2.40. The molecule has 0 radical (unpaired) electrons. The Hall–Kier alpha value is -0.680. The number of halogens is 3. The second kappa shape index (κ2) is 4.67. The van der Waals surface area contributed by atoms with E-state index in [1.165, 1.54) is 6.07 Å². The Morgan fingerprint density at radius 1 is 1.31 bits per heavy atom. The van der Waals surface area contributed by atoms with Crippen molar-refractivity contribution in [3.05, 3.63) is 27.7 Å². The van der Waals surface area contributed by atoms with Crippen molar-refractivity contribution in [1.82, 2.24) is 5.32 Å². The van der Waals surface area contributed by atoms with Crippen molar-refractivity contribution in [2.24, 2.45) is 0 Å². The van der Waals surface area contributed by atoms with E-state index in [0.717, 1.165) is 25.8 Å². The van der Waals surface area contributed by atoms with Crippen LogP contribution in [0.1, 0.15) is 30.9 Å². The van der Waals surface area contributed by atoms with Crippen molar-refractivity contribution in [3.63, 3.8) is 0 Å². The first-order valence-electron chi connectivity index (χ1n) is 5.21. The number of benzene rings is 1. The van der Waals surface area contributed by atoms with Gasteiger partial charge in [-0.25, -0.2) is 4.39 Å². The second-order valence-corrected chi connectivity index (χ2v) is 4.78. The lowest BCUT2D eigenvalue weighted by Crippen LogP contribution is -2.27. The molecule has 0 amide bonds. The van der Waals surface area contributed by atoms with Crippen molar-refractivity contribution in [2.75, 3.05) is 6.54 Å². The molecule has 1 aliphatic heterocycles. The highest BCUT2D eigenvalue weighted by Gasteiger charge is 2.23. The second-order valence-electron chi connectivity index (χ2n) is 3.93. The van der Waals surface area contributed by atoms with Gasteiger partial charge in [-0.3, -0.25) is 0 Å². The zero-order chi connectivity index (χ0) is 11.7. The minimum Gasteiger partial charge on any atom is -0.504 e. The summed E-state index contributed by atoms with van der Waals surface area (Å²) >= 11 is 3.01. The quantitative estimate of drug-likeness (QED) is 0.779. The molecule has 2 N–H and O–H groups in total. The number of hydrogen-bond acceptors (Lipinski definition) is 2. The summed E-state index contributed by atoms with van der Waals surface area (Å²) in [7, 11) is 0. The molecule has 1 atom stereocenters. The Morgan fingerprint density at radius 3 is 2.69 bits per heavy atom. The number of phenolic OH excluding ortho intramolecular Hbond substituents is 1. The van der Waals surface area contributed by atoms with Gasteiger partial charge in [0.2, 0.25) is 5.82 Å². The summed E-state index contributed by atoms with van der Waals surface area (Å²) < 4.78 is 27.1. The molecule has 1 aromatic carbocycles. The molecular weight excluding hydrogens is 280 g/mol. The molecule has 1 unspecified atom stereocenters. The molecule has 5 heteroatoms. The number of piperidine rings is 1. The molecule has 16 heavy (non-hydrogen) atoms. The van der Waals surface area contributed by atoms with E-state index >= 15 is 0 Å². The molecule has 1 aromatic rings. The van der Waals surface area contributed by atoms with E-state index in [0.29, 0.717) is 0 Å². The van der Waals surface area contributed by atoms with Crippen LogP contribution in [0, 0.1) is 11.6 Å². The molecule has 0 aromatic heterocycles. The SMILES string of the molecule is Oc1c(Br)cc(C2CCCCN2)c(F)c1F. The highest BCUT2D eigenvalue weighted by Crippen LogP contribution is 2.35. The fourth-order valence-electron chi connectivity index (χ4n) is 1.97. The van der Waals surface area contributed by atoms with Gasteiger partial charge in [0.25, 0.3) is 0 Å². The average molecular weight is 292 g/mol. The van der Waals surface area contributed by atoms with Gasteiger partial charge in [-0.05, 0) is 41.4 Å². The largest absolute Gasteiger partial charge is 0.504 e. The summed E-state index contributed by atoms with van der Waals surface area (Å²) in [6.07, 6.45) is 2.84. The Bertz CT molecular complexity index is 405. The average Bonchev–Trinajstić information content (AvgIpc) is 2.32. The van der Waals surface area contributed by atoms with Gasteiger partial charge < -0.3 is 10.4 Å². The van der Waals surface area contributed by atoms with E-state index in [1.807, 2.05) is 0 Å². The third-order valence-electron chi connectivity index (χ3n) is 2.85. The maximum absolute atomic E-state index is 13.6. The normalized spacial score (nSPS) is 21.1. The summed E-state index contributed by atoms with van der Waals surface area (Å²) in [5, 5.41) is 12.4. The van der Waals surface area contributed by atoms with Crippen LogP contribution in [-0.4, -0.2) is 11.7 Å². The van der Waals surface area contributed by atoms with Gasteiger partial charge in [-0.1, -0.05) is 6.42 Å². The van der Waals surface area contributed by atoms with Crippen molar-refractivity contribution in [1.29, 1.82) is 0 Å². The first-order valence-corrected chi connectivity index (χ1v) is 6.00. The molecule has 1 heterocycles. The third kappa shape index (κ3) is 2.06. The molecular formula is C11H12BrF2NO. The highest BCUT2D eigenvalue weighted by molar-refractivity contribution is 9.10. The molecule has 0 bridgehead atoms. The van der Waals surface area contributed by atoms with Gasteiger partial charge in [0, 0.05) is 11.6 Å². The van der Waals surface area contributed by atoms with E-state index in [-0.39, 0.29) is 16.1 Å². The van der Waals surface area contributed by atoms with Gasteiger partial charge in [0.05, 0.1) is 4.47 Å². The van der Waals surface area contributed by atoms with Crippen LogP contribution in [0.4, 0.5) is 8.78 Å². The first kappa shape index (κ1) is 11.8. The van der Waals surface area contributed by atoms with Crippen LogP contribution in [0.2, 0.25) is 0 Å². The number of rotatable bonds is 1. The molecule has 0 spiro atoms. The predicted molar refractivity (Wildman–Crippen MR) is 60.3 cm³/mol. The van der Waals surface area contributed by atoms with E-state index in [9.17, 15) is 13.9 Å². The summed E-state index contributed by atoms with van der Waals surface area (Å²) in [6.45, 7) is 0.810. The van der Waals surface area contributed by atoms with Crippen molar-refractivity contribution < 1.29 is 13.9 Å². The van der Waals surface area contributed by atoms with Crippen LogP contribution in [0.5, 0.6) is 5.75 Å². The fraction of sp³-hybridized carbons (Fsp3) is 0.455. The third-order valence-corrected chi connectivity index (χ3v) is 3.45. The number of hydrogen-bond donors (Lipinski definition) is 2. The monoisotopic (exact) mass is 291 g/mol. The van der Waals surface area contributed by atoms with E-state index in [1.54, 1.807) is 0 Å². The Balaban J connectivity index is 2.40. The molecule has 2 rings (SSSR count). The Kier molecular flexibility index (Phi) is 3.44. The first-order chi connectivity index (χ1) is 7.61. The van der Waals surface area contributed by atoms with E-state index < -0.39 is 17.4 Å². The summed E-state index contributed by atoms with van der Waals surface area (Å²) in [5.74, 6) is -2.81. The minimum absolute atomic E-state index is 0.167.